The molecule has 0 aromatic heterocycles. The van der Waals surface area contributed by atoms with Gasteiger partial charge >= 0.3 is 6.18 Å². The molecule has 1 unspecified atom stereocenters. The van der Waals surface area contributed by atoms with Crippen LogP contribution in [0.25, 0.3) is 0 Å². The summed E-state index contributed by atoms with van der Waals surface area (Å²) < 4.78 is 37.4. The van der Waals surface area contributed by atoms with Gasteiger partial charge in [-0.15, -0.1) is 0 Å². The highest BCUT2D eigenvalue weighted by molar-refractivity contribution is 5.25. The van der Waals surface area contributed by atoms with E-state index in [2.05, 4.69) is 12.2 Å². The number of hydrogen-bond acceptors (Lipinski definition) is 1. The first-order chi connectivity index (χ1) is 8.97. The van der Waals surface area contributed by atoms with Crippen LogP contribution in [0.2, 0.25) is 0 Å². The van der Waals surface area contributed by atoms with Crippen LogP contribution in [0.1, 0.15) is 44.2 Å². The zero-order chi connectivity index (χ0) is 14.3. The average molecular weight is 273 g/mol. The van der Waals surface area contributed by atoms with Crippen LogP contribution in [-0.2, 0) is 12.6 Å². The molecule has 108 valence electrons. The fourth-order valence-electron chi connectivity index (χ4n) is 2.13. The number of nitrogens with one attached hydrogen (secondary N) is 1. The molecule has 1 aromatic carbocycles. The normalized spacial score (nSPS) is 13.5. The first-order valence-electron chi connectivity index (χ1n) is 6.86. The first-order valence-corrected chi connectivity index (χ1v) is 6.86. The number of rotatable bonds is 7. The Morgan fingerprint density at radius 2 is 1.74 bits per heavy atom. The van der Waals surface area contributed by atoms with E-state index in [0.29, 0.717) is 6.04 Å². The van der Waals surface area contributed by atoms with Crippen molar-refractivity contribution in [3.05, 3.63) is 35.4 Å². The molecule has 1 rings (SSSR count). The van der Waals surface area contributed by atoms with Gasteiger partial charge in [-0.05, 0) is 37.1 Å². The minimum atomic E-state index is -4.25. The van der Waals surface area contributed by atoms with Gasteiger partial charge in [-0.1, -0.05) is 38.8 Å². The van der Waals surface area contributed by atoms with E-state index in [1.165, 1.54) is 0 Å². The van der Waals surface area contributed by atoms with Gasteiger partial charge in [0.2, 0.25) is 0 Å². The lowest BCUT2D eigenvalue weighted by molar-refractivity contribution is -0.137. The van der Waals surface area contributed by atoms with Crippen LogP contribution in [0.15, 0.2) is 24.3 Å². The van der Waals surface area contributed by atoms with Gasteiger partial charge in [-0.25, -0.2) is 0 Å². The average Bonchev–Trinajstić information content (AvgIpc) is 2.36. The summed E-state index contributed by atoms with van der Waals surface area (Å²) in [6, 6.07) is 5.84. The Balaban J connectivity index is 2.64. The standard InChI is InChI=1S/C15H22F3N/c1-3-5-6-14(19-4-2)11-12-7-9-13(10-8-12)15(16,17)18/h7-10,14,19H,3-6,11H2,1-2H3. The van der Waals surface area contributed by atoms with E-state index in [4.69, 9.17) is 0 Å². The van der Waals surface area contributed by atoms with Crippen LogP contribution in [0.3, 0.4) is 0 Å². The lowest BCUT2D eigenvalue weighted by Crippen LogP contribution is -2.30. The summed E-state index contributed by atoms with van der Waals surface area (Å²) in [5.41, 5.74) is 0.375. The topological polar surface area (TPSA) is 12.0 Å². The molecule has 0 amide bonds. The maximum Gasteiger partial charge on any atom is 0.416 e. The number of halogens is 3. The van der Waals surface area contributed by atoms with E-state index in [9.17, 15) is 13.2 Å². The summed E-state index contributed by atoms with van der Waals surface area (Å²) in [4.78, 5) is 0. The van der Waals surface area contributed by atoms with E-state index in [1.54, 1.807) is 12.1 Å². The highest BCUT2D eigenvalue weighted by Gasteiger charge is 2.29. The molecular weight excluding hydrogens is 251 g/mol. The molecule has 4 heteroatoms. The first kappa shape index (κ1) is 16.0. The molecule has 0 spiro atoms. The van der Waals surface area contributed by atoms with Gasteiger partial charge in [0.25, 0.3) is 0 Å². The van der Waals surface area contributed by atoms with E-state index < -0.39 is 11.7 Å². The predicted molar refractivity (Wildman–Crippen MR) is 72.1 cm³/mol. The lowest BCUT2D eigenvalue weighted by Gasteiger charge is -2.18. The second-order valence-corrected chi connectivity index (χ2v) is 4.80. The number of hydrogen-bond donors (Lipinski definition) is 1. The molecule has 0 aliphatic rings. The van der Waals surface area contributed by atoms with Crippen molar-refractivity contribution in [3.63, 3.8) is 0 Å². The van der Waals surface area contributed by atoms with Crippen LogP contribution in [0.4, 0.5) is 13.2 Å². The van der Waals surface area contributed by atoms with Crippen molar-refractivity contribution >= 4 is 0 Å². The third-order valence-electron chi connectivity index (χ3n) is 3.16. The minimum absolute atomic E-state index is 0.349. The Morgan fingerprint density at radius 1 is 1.11 bits per heavy atom. The van der Waals surface area contributed by atoms with Crippen LogP contribution in [0.5, 0.6) is 0 Å². The summed E-state index contributed by atoms with van der Waals surface area (Å²) >= 11 is 0. The Bertz CT molecular complexity index is 357. The van der Waals surface area contributed by atoms with Gasteiger partial charge in [0.1, 0.15) is 0 Å². The molecular formula is C15H22F3N. The third-order valence-corrected chi connectivity index (χ3v) is 3.16. The lowest BCUT2D eigenvalue weighted by atomic mass is 10.00. The van der Waals surface area contributed by atoms with E-state index in [0.717, 1.165) is 49.9 Å². The van der Waals surface area contributed by atoms with Crippen LogP contribution in [-0.4, -0.2) is 12.6 Å². The van der Waals surface area contributed by atoms with E-state index in [1.807, 2.05) is 6.92 Å². The van der Waals surface area contributed by atoms with Gasteiger partial charge in [-0.3, -0.25) is 0 Å². The maximum absolute atomic E-state index is 12.5. The molecule has 0 saturated heterocycles. The van der Waals surface area contributed by atoms with Gasteiger partial charge in [0, 0.05) is 6.04 Å². The quantitative estimate of drug-likeness (QED) is 0.775. The van der Waals surface area contributed by atoms with Crippen molar-refractivity contribution in [1.82, 2.24) is 5.32 Å². The van der Waals surface area contributed by atoms with Crippen molar-refractivity contribution in [2.45, 2.75) is 51.7 Å². The minimum Gasteiger partial charge on any atom is -0.314 e. The van der Waals surface area contributed by atoms with Crippen molar-refractivity contribution < 1.29 is 13.2 Å². The molecule has 0 bridgehead atoms. The summed E-state index contributed by atoms with van der Waals surface area (Å²) in [5.74, 6) is 0. The zero-order valence-corrected chi connectivity index (χ0v) is 11.6. The fraction of sp³-hybridized carbons (Fsp3) is 0.600. The highest BCUT2D eigenvalue weighted by atomic mass is 19.4. The van der Waals surface area contributed by atoms with E-state index >= 15 is 0 Å². The molecule has 1 aromatic rings. The van der Waals surface area contributed by atoms with E-state index in [-0.39, 0.29) is 0 Å². The van der Waals surface area contributed by atoms with Crippen LogP contribution >= 0.6 is 0 Å². The molecule has 0 radical (unpaired) electrons. The molecule has 0 aliphatic carbocycles. The molecule has 0 aliphatic heterocycles. The molecule has 0 heterocycles. The van der Waals surface area contributed by atoms with Gasteiger partial charge < -0.3 is 5.32 Å². The zero-order valence-electron chi connectivity index (χ0n) is 11.6. The number of unbranched alkanes of at least 4 members (excludes halogenated alkanes) is 1. The summed E-state index contributed by atoms with van der Waals surface area (Å²) in [7, 11) is 0. The Labute approximate surface area is 113 Å². The molecule has 1 nitrogen and oxygen atoms in total. The predicted octanol–water partition coefficient (Wildman–Crippen LogP) is 4.42. The SMILES string of the molecule is CCCCC(Cc1ccc(C(F)(F)F)cc1)NCC. The monoisotopic (exact) mass is 273 g/mol. The number of likely N-dealkylation sites (N-methyl/N-ethyl adjacent to an activating group) is 1. The third kappa shape index (κ3) is 5.64. The summed E-state index contributed by atoms with van der Waals surface area (Å²) in [6.07, 6.45) is -0.133. The molecule has 0 fully saturated rings. The van der Waals surface area contributed by atoms with Gasteiger partial charge in [0.15, 0.2) is 0 Å². The summed E-state index contributed by atoms with van der Waals surface area (Å²) in [6.45, 7) is 5.07. The van der Waals surface area contributed by atoms with Gasteiger partial charge in [-0.2, -0.15) is 13.2 Å². The second-order valence-electron chi connectivity index (χ2n) is 4.80. The van der Waals surface area contributed by atoms with Crippen molar-refractivity contribution in [1.29, 1.82) is 0 Å². The van der Waals surface area contributed by atoms with Crippen LogP contribution < -0.4 is 5.32 Å². The molecule has 0 saturated carbocycles. The van der Waals surface area contributed by atoms with Crippen molar-refractivity contribution in [2.24, 2.45) is 0 Å². The van der Waals surface area contributed by atoms with Gasteiger partial charge in [0.05, 0.1) is 5.56 Å². The molecule has 1 atom stereocenters. The largest absolute Gasteiger partial charge is 0.416 e. The Kier molecular flexibility index (Phi) is 6.35. The van der Waals surface area contributed by atoms with Crippen molar-refractivity contribution in [2.75, 3.05) is 6.54 Å². The molecule has 19 heavy (non-hydrogen) atoms. The Hall–Kier alpha value is -1.03. The fourth-order valence-corrected chi connectivity index (χ4v) is 2.13. The highest BCUT2D eigenvalue weighted by Crippen LogP contribution is 2.29. The molecule has 1 N–H and O–H groups in total. The second kappa shape index (κ2) is 7.53. The smallest absolute Gasteiger partial charge is 0.314 e. The number of benzene rings is 1. The Morgan fingerprint density at radius 3 is 2.21 bits per heavy atom. The maximum atomic E-state index is 12.5. The summed E-state index contributed by atoms with van der Waals surface area (Å²) in [5, 5.41) is 3.39. The van der Waals surface area contributed by atoms with Crippen molar-refractivity contribution in [3.8, 4) is 0 Å². The number of alkyl halides is 3. The van der Waals surface area contributed by atoms with Crippen LogP contribution in [0, 0.1) is 0 Å².